The number of fused-ring (bicyclic) bond motifs is 5. The highest BCUT2D eigenvalue weighted by atomic mass is 16.5. The molecule has 0 unspecified atom stereocenters. The van der Waals surface area contributed by atoms with E-state index in [1.165, 1.54) is 11.0 Å². The lowest BCUT2D eigenvalue weighted by Crippen LogP contribution is -2.65. The molecule has 0 aliphatic heterocycles. The first-order chi connectivity index (χ1) is 18.4. The first-order valence-corrected chi connectivity index (χ1v) is 12.3. The highest BCUT2D eigenvalue weighted by molar-refractivity contribution is 6.25. The summed E-state index contributed by atoms with van der Waals surface area (Å²) in [6, 6.07) is 9.32. The van der Waals surface area contributed by atoms with Gasteiger partial charge < -0.3 is 30.9 Å². The van der Waals surface area contributed by atoms with Crippen LogP contribution in [0.2, 0.25) is 0 Å². The molecule has 3 aliphatic rings. The molecule has 1 fully saturated rings. The number of phenols is 1. The van der Waals surface area contributed by atoms with Crippen molar-refractivity contribution in [2.45, 2.75) is 24.0 Å². The number of amides is 1. The molecule has 0 aromatic heterocycles. The van der Waals surface area contributed by atoms with Gasteiger partial charge in [-0.15, -0.1) is 0 Å². The van der Waals surface area contributed by atoms with Gasteiger partial charge in [0.1, 0.15) is 28.6 Å². The monoisotopic (exact) mass is 530 g/mol. The number of aromatic hydroxyl groups is 1. The summed E-state index contributed by atoms with van der Waals surface area (Å²) in [4.78, 5) is 41.1. The average molecular weight is 531 g/mol. The van der Waals surface area contributed by atoms with Crippen molar-refractivity contribution in [3.63, 3.8) is 0 Å². The van der Waals surface area contributed by atoms with Crippen molar-refractivity contribution in [3.05, 3.63) is 64.4 Å². The maximum atomic E-state index is 14.1. The zero-order valence-electron chi connectivity index (χ0n) is 21.3. The van der Waals surface area contributed by atoms with Crippen molar-refractivity contribution in [1.29, 1.82) is 0 Å². The Labute approximate surface area is 222 Å². The molecule has 1 saturated carbocycles. The standard InChI is InChI=1S/C29H26N2O8/c1-31(2)23-17-10-16-15-9-11-8-12(39-3)4-5-13(11)14-6-7-18(32)21(19(14)15)24(33)20(16)26(35)29(17,38)27(36)22(25(23)34)28(30)37/h4-9,16-17,23,32-33,36,38H,10H2,1-3H3,(H2,30,37)/t16-,17+,23+,29+/m0/s1. The van der Waals surface area contributed by atoms with Gasteiger partial charge in [-0.25, -0.2) is 0 Å². The highest BCUT2D eigenvalue weighted by Gasteiger charge is 2.64. The molecule has 0 saturated heterocycles. The van der Waals surface area contributed by atoms with Gasteiger partial charge in [-0.2, -0.15) is 0 Å². The highest BCUT2D eigenvalue weighted by Crippen LogP contribution is 2.57. The van der Waals surface area contributed by atoms with Gasteiger partial charge in [0.15, 0.2) is 11.4 Å². The van der Waals surface area contributed by atoms with E-state index in [0.29, 0.717) is 16.7 Å². The summed E-state index contributed by atoms with van der Waals surface area (Å²) in [6.07, 6.45) is -0.0357. The Morgan fingerprint density at radius 1 is 1.08 bits per heavy atom. The molecule has 0 heterocycles. The normalized spacial score (nSPS) is 26.3. The predicted octanol–water partition coefficient (Wildman–Crippen LogP) is 2.20. The van der Waals surface area contributed by atoms with Crippen molar-refractivity contribution in [2.24, 2.45) is 11.7 Å². The average Bonchev–Trinajstić information content (AvgIpc) is 2.88. The lowest BCUT2D eigenvalue weighted by molar-refractivity contribution is -0.152. The van der Waals surface area contributed by atoms with Crippen LogP contribution in [0.3, 0.4) is 0 Å². The number of primary amides is 1. The fourth-order valence-electron chi connectivity index (χ4n) is 6.78. The number of nitrogens with zero attached hydrogens (tertiary/aromatic N) is 1. The maximum absolute atomic E-state index is 14.1. The Balaban J connectivity index is 1.70. The number of rotatable bonds is 3. The van der Waals surface area contributed by atoms with Crippen LogP contribution in [-0.2, 0) is 14.4 Å². The first-order valence-electron chi connectivity index (χ1n) is 12.3. The summed E-state index contributed by atoms with van der Waals surface area (Å²) < 4.78 is 5.39. The number of ether oxygens (including phenoxy) is 1. The lowest BCUT2D eigenvalue weighted by atomic mass is 9.57. The Morgan fingerprint density at radius 3 is 2.41 bits per heavy atom. The summed E-state index contributed by atoms with van der Waals surface area (Å²) in [7, 11) is 4.67. The van der Waals surface area contributed by atoms with Gasteiger partial charge in [-0.3, -0.25) is 19.3 Å². The van der Waals surface area contributed by atoms with Gasteiger partial charge in [-0.05, 0) is 66.5 Å². The third-order valence-corrected chi connectivity index (χ3v) is 8.46. The molecule has 4 atom stereocenters. The molecule has 6 rings (SSSR count). The van der Waals surface area contributed by atoms with Crippen LogP contribution in [-0.4, -0.2) is 75.6 Å². The number of methoxy groups -OCH3 is 1. The second-order valence-corrected chi connectivity index (χ2v) is 10.5. The van der Waals surface area contributed by atoms with E-state index in [2.05, 4.69) is 0 Å². The van der Waals surface area contributed by atoms with Crippen LogP contribution < -0.4 is 10.5 Å². The SMILES string of the molecule is COc1ccc2c(c1)cc1c3c(c(O)ccc32)C(O)=C2C(=O)[C@@]3(O)C(O)=C(C(N)=O)C(=O)[C@H](N(C)C)[C@H]3C[C@H]21. The number of nitrogens with two attached hydrogens (primary N) is 1. The zero-order chi connectivity index (χ0) is 28.1. The minimum atomic E-state index is -2.70. The van der Waals surface area contributed by atoms with Crippen LogP contribution in [0.25, 0.3) is 27.3 Å². The Hall–Kier alpha value is -4.41. The van der Waals surface area contributed by atoms with E-state index in [-0.39, 0.29) is 23.3 Å². The topological polar surface area (TPSA) is 171 Å². The Bertz CT molecular complexity index is 1740. The number of aliphatic hydroxyl groups is 3. The zero-order valence-corrected chi connectivity index (χ0v) is 21.3. The van der Waals surface area contributed by atoms with Crippen molar-refractivity contribution in [2.75, 3.05) is 21.2 Å². The molecule has 0 radical (unpaired) electrons. The van der Waals surface area contributed by atoms with Crippen LogP contribution in [0.1, 0.15) is 23.5 Å². The number of Topliss-reactive ketones (excluding diaryl/α,β-unsaturated/α-hetero) is 2. The third kappa shape index (κ3) is 3.01. The number of carbonyl (C=O) groups excluding carboxylic acids is 3. The number of benzene rings is 3. The Morgan fingerprint density at radius 2 is 1.77 bits per heavy atom. The van der Waals surface area contributed by atoms with E-state index in [4.69, 9.17) is 10.5 Å². The molecule has 1 amide bonds. The number of phenolic OH excluding ortho intramolecular Hbond substituents is 1. The number of ketones is 2. The number of aliphatic hydroxyl groups excluding tert-OH is 2. The number of hydrogen-bond donors (Lipinski definition) is 5. The molecule has 10 nitrogen and oxygen atoms in total. The van der Waals surface area contributed by atoms with Gasteiger partial charge >= 0.3 is 0 Å². The second-order valence-electron chi connectivity index (χ2n) is 10.5. The van der Waals surface area contributed by atoms with E-state index in [0.717, 1.165) is 16.2 Å². The van der Waals surface area contributed by atoms with Crippen LogP contribution in [0, 0.1) is 5.92 Å². The molecular formula is C29H26N2O8. The van der Waals surface area contributed by atoms with E-state index in [9.17, 15) is 34.8 Å². The van der Waals surface area contributed by atoms with Gasteiger partial charge in [0, 0.05) is 22.8 Å². The molecule has 200 valence electrons. The van der Waals surface area contributed by atoms with Crippen LogP contribution in [0.4, 0.5) is 0 Å². The van der Waals surface area contributed by atoms with Gasteiger partial charge in [-0.1, -0.05) is 12.1 Å². The molecule has 6 N–H and O–H groups in total. The molecule has 3 aromatic rings. The fraction of sp³-hybridized carbons (Fsp3) is 0.276. The molecule has 0 spiro atoms. The summed E-state index contributed by atoms with van der Waals surface area (Å²) in [5, 5.41) is 48.0. The van der Waals surface area contributed by atoms with Crippen LogP contribution in [0.15, 0.2) is 53.3 Å². The quantitative estimate of drug-likeness (QED) is 0.252. The van der Waals surface area contributed by atoms with Crippen molar-refractivity contribution >= 4 is 44.8 Å². The van der Waals surface area contributed by atoms with Crippen molar-refractivity contribution in [1.82, 2.24) is 4.90 Å². The minimum absolute atomic E-state index is 0.0245. The maximum Gasteiger partial charge on any atom is 0.255 e. The van der Waals surface area contributed by atoms with Gasteiger partial charge in [0.25, 0.3) is 5.91 Å². The van der Waals surface area contributed by atoms with E-state index in [1.807, 2.05) is 18.2 Å². The summed E-state index contributed by atoms with van der Waals surface area (Å²) >= 11 is 0. The second kappa shape index (κ2) is 8.05. The van der Waals surface area contributed by atoms with E-state index >= 15 is 0 Å². The van der Waals surface area contributed by atoms with Crippen LogP contribution >= 0.6 is 0 Å². The van der Waals surface area contributed by atoms with Crippen molar-refractivity contribution in [3.8, 4) is 11.5 Å². The van der Waals surface area contributed by atoms with E-state index in [1.54, 1.807) is 33.3 Å². The molecule has 10 heteroatoms. The fourth-order valence-corrected chi connectivity index (χ4v) is 6.78. The number of likely N-dealkylation sites (N-methyl/N-ethyl adjacent to an activating group) is 1. The first kappa shape index (κ1) is 24.9. The molecule has 3 aliphatic carbocycles. The summed E-state index contributed by atoms with van der Waals surface area (Å²) in [6.45, 7) is 0. The van der Waals surface area contributed by atoms with E-state index < -0.39 is 58.0 Å². The molecule has 0 bridgehead atoms. The molecular weight excluding hydrogens is 504 g/mol. The van der Waals surface area contributed by atoms with Crippen LogP contribution in [0.5, 0.6) is 11.5 Å². The van der Waals surface area contributed by atoms with Crippen molar-refractivity contribution < 1.29 is 39.5 Å². The summed E-state index contributed by atoms with van der Waals surface area (Å²) in [5.74, 6) is -6.44. The number of carbonyl (C=O) groups is 3. The Kier molecular flexibility index (Phi) is 5.14. The lowest BCUT2D eigenvalue weighted by Gasteiger charge is -2.50. The largest absolute Gasteiger partial charge is 0.508 e. The summed E-state index contributed by atoms with van der Waals surface area (Å²) in [5.41, 5.74) is 2.24. The third-order valence-electron chi connectivity index (χ3n) is 8.46. The van der Waals surface area contributed by atoms with Gasteiger partial charge in [0.2, 0.25) is 5.78 Å². The minimum Gasteiger partial charge on any atom is -0.508 e. The smallest absolute Gasteiger partial charge is 0.255 e. The van der Waals surface area contributed by atoms with Gasteiger partial charge in [0.05, 0.1) is 18.7 Å². The number of hydrogen-bond acceptors (Lipinski definition) is 9. The molecule has 3 aromatic carbocycles. The molecule has 39 heavy (non-hydrogen) atoms. The predicted molar refractivity (Wildman–Crippen MR) is 141 cm³/mol.